The minimum absolute atomic E-state index is 0.163. The number of nitrogens with two attached hydrogens (primary N) is 1. The monoisotopic (exact) mass is 622 g/mol. The second-order valence-electron chi connectivity index (χ2n) is 11.3. The zero-order valence-electron chi connectivity index (χ0n) is 25.9. The average molecular weight is 623 g/mol. The van der Waals surface area contributed by atoms with Gasteiger partial charge < -0.3 is 24.9 Å². The van der Waals surface area contributed by atoms with E-state index in [-0.39, 0.29) is 6.04 Å². The largest absolute Gasteiger partial charge is 0.497 e. The smallest absolute Gasteiger partial charge is 0.160 e. The molecule has 0 aliphatic rings. The summed E-state index contributed by atoms with van der Waals surface area (Å²) >= 11 is 0. The van der Waals surface area contributed by atoms with Gasteiger partial charge >= 0.3 is 0 Å². The zero-order chi connectivity index (χ0) is 32.0. The van der Waals surface area contributed by atoms with Crippen LogP contribution in [0, 0.1) is 0 Å². The van der Waals surface area contributed by atoms with Crippen molar-refractivity contribution in [2.75, 3.05) is 19.0 Å². The number of aromatic nitrogens is 4. The summed E-state index contributed by atoms with van der Waals surface area (Å²) < 4.78 is 19.0. The van der Waals surface area contributed by atoms with Gasteiger partial charge in [0.15, 0.2) is 5.82 Å². The topological polar surface area (TPSA) is 113 Å². The third-order valence-corrected chi connectivity index (χ3v) is 7.96. The number of nitrogens with zero attached hydrogens (tertiary/aromatic N) is 4. The molecule has 3 aromatic carbocycles. The van der Waals surface area contributed by atoms with E-state index in [9.17, 15) is 0 Å². The minimum Gasteiger partial charge on any atom is -0.497 e. The molecule has 0 radical (unpaired) electrons. The van der Waals surface area contributed by atoms with E-state index in [1.165, 1.54) is 5.56 Å². The Hall–Kier alpha value is -5.93. The molecule has 9 nitrogen and oxygen atoms in total. The summed E-state index contributed by atoms with van der Waals surface area (Å²) in [6.07, 6.45) is 9.32. The summed E-state index contributed by atoms with van der Waals surface area (Å²) in [5.74, 6) is 2.19. The van der Waals surface area contributed by atoms with Crippen LogP contribution in [-0.2, 0) is 13.0 Å². The van der Waals surface area contributed by atoms with Gasteiger partial charge in [0.1, 0.15) is 18.1 Å². The highest BCUT2D eigenvalue weighted by Crippen LogP contribution is 2.37. The van der Waals surface area contributed by atoms with E-state index in [0.29, 0.717) is 18.9 Å². The summed E-state index contributed by atoms with van der Waals surface area (Å²) in [6.45, 7) is 0.949. The van der Waals surface area contributed by atoms with Gasteiger partial charge in [0, 0.05) is 40.6 Å². The Labute approximate surface area is 272 Å². The number of anilines is 2. The van der Waals surface area contributed by atoms with Crippen LogP contribution in [0.2, 0.25) is 0 Å². The number of methoxy groups -OCH3 is 1. The number of hydrogen-bond acceptors (Lipinski definition) is 8. The minimum atomic E-state index is -0.163. The number of ether oxygens (including phenoxy) is 2. The van der Waals surface area contributed by atoms with Gasteiger partial charge in [0.2, 0.25) is 0 Å². The van der Waals surface area contributed by atoms with Gasteiger partial charge in [-0.1, -0.05) is 48.5 Å². The van der Waals surface area contributed by atoms with Crippen LogP contribution in [-0.4, -0.2) is 39.5 Å². The lowest BCUT2D eigenvalue weighted by molar-refractivity contribution is 0.287. The van der Waals surface area contributed by atoms with Gasteiger partial charge in [-0.15, -0.1) is 0 Å². The molecule has 9 heteroatoms. The zero-order valence-corrected chi connectivity index (χ0v) is 25.9. The summed E-state index contributed by atoms with van der Waals surface area (Å²) in [5, 5.41) is 9.47. The Morgan fingerprint density at radius 3 is 2.47 bits per heavy atom. The van der Waals surface area contributed by atoms with Crippen LogP contribution in [0.4, 0.5) is 11.5 Å². The van der Waals surface area contributed by atoms with Crippen LogP contribution >= 0.6 is 0 Å². The van der Waals surface area contributed by atoms with E-state index in [1.54, 1.807) is 38.2 Å². The van der Waals surface area contributed by atoms with Crippen LogP contribution in [0.15, 0.2) is 133 Å². The molecule has 0 aliphatic heterocycles. The van der Waals surface area contributed by atoms with E-state index in [1.807, 2.05) is 59.3 Å². The predicted octanol–water partition coefficient (Wildman–Crippen LogP) is 7.50. The molecule has 0 bridgehead atoms. The van der Waals surface area contributed by atoms with Crippen molar-refractivity contribution in [1.29, 1.82) is 0 Å². The maximum absolute atomic E-state index is 6.44. The Morgan fingerprint density at radius 2 is 1.70 bits per heavy atom. The molecule has 1 atom stereocenters. The molecule has 4 aromatic heterocycles. The maximum atomic E-state index is 6.44. The van der Waals surface area contributed by atoms with Gasteiger partial charge in [0.25, 0.3) is 0 Å². The number of pyridine rings is 2. The van der Waals surface area contributed by atoms with E-state index >= 15 is 0 Å². The molecular weight excluding hydrogens is 588 g/mol. The number of rotatable bonds is 12. The molecule has 0 saturated heterocycles. The van der Waals surface area contributed by atoms with Crippen molar-refractivity contribution in [3.05, 3.63) is 139 Å². The van der Waals surface area contributed by atoms with Crippen LogP contribution in [0.3, 0.4) is 0 Å². The molecule has 47 heavy (non-hydrogen) atoms. The average Bonchev–Trinajstić information content (AvgIpc) is 3.77. The fourth-order valence-corrected chi connectivity index (χ4v) is 5.59. The molecule has 0 unspecified atom stereocenters. The quantitative estimate of drug-likeness (QED) is 0.144. The lowest BCUT2D eigenvalue weighted by Crippen LogP contribution is -2.30. The molecule has 234 valence electrons. The SMILES string of the molecule is COc1ccc(Cn2nc(Nc3ccncc3)c3cc(-c4cc(OC[C@@H](N)Cc5ccccc5)cnc4-c4ccoc4)ccc32)cc1. The molecule has 3 N–H and O–H groups in total. The number of benzene rings is 3. The fourth-order valence-electron chi connectivity index (χ4n) is 5.59. The van der Waals surface area contributed by atoms with Crippen LogP contribution in [0.5, 0.6) is 11.5 Å². The second-order valence-corrected chi connectivity index (χ2v) is 11.3. The Bertz CT molecular complexity index is 2060. The first kappa shape index (κ1) is 29.8. The number of furan rings is 1. The first-order chi connectivity index (χ1) is 23.1. The molecule has 0 amide bonds. The van der Waals surface area contributed by atoms with Crippen molar-refractivity contribution in [3.63, 3.8) is 0 Å². The summed E-state index contributed by atoms with van der Waals surface area (Å²) in [4.78, 5) is 8.98. The molecule has 7 rings (SSSR count). The molecule has 7 aromatic rings. The van der Waals surface area contributed by atoms with Crippen molar-refractivity contribution in [3.8, 4) is 33.9 Å². The Morgan fingerprint density at radius 1 is 0.872 bits per heavy atom. The fraction of sp³-hybridized carbons (Fsp3) is 0.132. The lowest BCUT2D eigenvalue weighted by Gasteiger charge is -2.15. The normalized spacial score (nSPS) is 11.8. The van der Waals surface area contributed by atoms with Crippen LogP contribution < -0.4 is 20.5 Å². The molecular formula is C38H34N6O3. The number of hydrogen-bond donors (Lipinski definition) is 2. The van der Waals surface area contributed by atoms with E-state index in [2.05, 4.69) is 52.8 Å². The first-order valence-corrected chi connectivity index (χ1v) is 15.4. The van der Waals surface area contributed by atoms with Gasteiger partial charge in [-0.3, -0.25) is 14.6 Å². The highest BCUT2D eigenvalue weighted by Gasteiger charge is 2.17. The predicted molar refractivity (Wildman–Crippen MR) is 184 cm³/mol. The Kier molecular flexibility index (Phi) is 8.61. The highest BCUT2D eigenvalue weighted by atomic mass is 16.5. The van der Waals surface area contributed by atoms with Gasteiger partial charge in [-0.25, -0.2) is 0 Å². The number of fused-ring (bicyclic) bond motifs is 1. The van der Waals surface area contributed by atoms with Crippen LogP contribution in [0.1, 0.15) is 11.1 Å². The molecule has 4 heterocycles. The molecule has 0 spiro atoms. The van der Waals surface area contributed by atoms with Crippen molar-refractivity contribution in [2.24, 2.45) is 5.73 Å². The van der Waals surface area contributed by atoms with E-state index < -0.39 is 0 Å². The third-order valence-electron chi connectivity index (χ3n) is 7.96. The van der Waals surface area contributed by atoms with Gasteiger partial charge in [-0.2, -0.15) is 5.10 Å². The molecule has 0 saturated carbocycles. The third kappa shape index (κ3) is 6.85. The van der Waals surface area contributed by atoms with Crippen LogP contribution in [0.25, 0.3) is 33.3 Å². The second kappa shape index (κ2) is 13.6. The summed E-state index contributed by atoms with van der Waals surface area (Å²) in [5.41, 5.74) is 14.1. The van der Waals surface area contributed by atoms with E-state index in [0.717, 1.165) is 62.5 Å². The molecule has 0 aliphatic carbocycles. The van der Waals surface area contributed by atoms with Crippen molar-refractivity contribution >= 4 is 22.4 Å². The maximum Gasteiger partial charge on any atom is 0.160 e. The number of nitrogens with one attached hydrogen (secondary N) is 1. The van der Waals surface area contributed by atoms with Gasteiger partial charge in [0.05, 0.1) is 43.6 Å². The standard InChI is InChI=1S/C38H34N6O3/c1-45-32-10-7-27(8-11-32)23-44-36-12-9-28(20-35(36)38(43-44)42-31-13-16-40-17-14-31)34-21-33(22-41-37(34)29-15-18-46-24-29)47-25-30(39)19-26-5-3-2-4-6-26/h2-18,20-22,24,30H,19,23,25,39H2,1H3,(H,40,42,43)/t30-/m0/s1. The van der Waals surface area contributed by atoms with Crippen molar-refractivity contribution in [2.45, 2.75) is 19.0 Å². The van der Waals surface area contributed by atoms with Crippen molar-refractivity contribution in [1.82, 2.24) is 19.7 Å². The van der Waals surface area contributed by atoms with Crippen molar-refractivity contribution < 1.29 is 13.9 Å². The summed E-state index contributed by atoms with van der Waals surface area (Å²) in [7, 11) is 1.67. The molecule has 0 fully saturated rings. The highest BCUT2D eigenvalue weighted by molar-refractivity contribution is 5.96. The Balaban J connectivity index is 1.25. The van der Waals surface area contributed by atoms with Gasteiger partial charge in [-0.05, 0) is 71.6 Å². The first-order valence-electron chi connectivity index (χ1n) is 15.4. The lowest BCUT2D eigenvalue weighted by atomic mass is 9.99. The van der Waals surface area contributed by atoms with E-state index in [4.69, 9.17) is 29.7 Å². The summed E-state index contributed by atoms with van der Waals surface area (Å²) in [6, 6.07) is 32.2.